The summed E-state index contributed by atoms with van der Waals surface area (Å²) < 4.78 is 45.3. The van der Waals surface area contributed by atoms with Crippen molar-refractivity contribution in [2.24, 2.45) is 0 Å². The molecule has 0 amide bonds. The van der Waals surface area contributed by atoms with E-state index in [1.807, 2.05) is 0 Å². The van der Waals surface area contributed by atoms with Crippen molar-refractivity contribution < 1.29 is 22.6 Å². The van der Waals surface area contributed by atoms with Crippen molar-refractivity contribution >= 4 is 0 Å². The maximum absolute atomic E-state index is 11.7. The minimum absolute atomic E-state index is 0.767. The van der Waals surface area contributed by atoms with Gasteiger partial charge in [-0.15, -0.1) is 0 Å². The standard InChI is InChI=1S/C4H6F4O/c5-3-4(6,7)1-2-9-8/h1-3H2. The first-order chi connectivity index (χ1) is 4.12. The molecule has 0 aromatic carbocycles. The molecule has 0 N–H and O–H groups in total. The van der Waals surface area contributed by atoms with Gasteiger partial charge in [-0.25, -0.2) is 13.2 Å². The van der Waals surface area contributed by atoms with Crippen LogP contribution in [-0.2, 0) is 4.94 Å². The topological polar surface area (TPSA) is 9.23 Å². The Balaban J connectivity index is 3.33. The van der Waals surface area contributed by atoms with Gasteiger partial charge in [0.05, 0.1) is 6.61 Å². The number of alkyl halides is 3. The van der Waals surface area contributed by atoms with Crippen molar-refractivity contribution in [3.8, 4) is 0 Å². The van der Waals surface area contributed by atoms with Crippen molar-refractivity contribution in [1.29, 1.82) is 0 Å². The summed E-state index contributed by atoms with van der Waals surface area (Å²) in [6, 6.07) is 0. The first kappa shape index (κ1) is 8.68. The largest absolute Gasteiger partial charge is 0.278 e. The molecule has 56 valence electrons. The Hall–Kier alpha value is -0.320. The molecule has 0 aliphatic rings. The van der Waals surface area contributed by atoms with E-state index < -0.39 is 25.6 Å². The SMILES string of the molecule is FCC(F)(F)CCOF. The first-order valence-electron chi connectivity index (χ1n) is 2.30. The van der Waals surface area contributed by atoms with Crippen LogP contribution in [0.4, 0.5) is 17.7 Å². The molecular formula is C4H6F4O. The minimum Gasteiger partial charge on any atom is -0.244 e. The third kappa shape index (κ3) is 4.20. The lowest BCUT2D eigenvalue weighted by atomic mass is 10.3. The van der Waals surface area contributed by atoms with Gasteiger partial charge >= 0.3 is 0 Å². The molecule has 0 aromatic rings. The second kappa shape index (κ2) is 3.66. The summed E-state index contributed by atoms with van der Waals surface area (Å²) in [5.41, 5.74) is 0. The Bertz CT molecular complexity index is 75.0. The molecule has 0 fully saturated rings. The van der Waals surface area contributed by atoms with E-state index in [2.05, 4.69) is 4.94 Å². The molecule has 0 radical (unpaired) electrons. The van der Waals surface area contributed by atoms with Gasteiger partial charge in [-0.3, -0.25) is 0 Å². The van der Waals surface area contributed by atoms with E-state index in [0.717, 1.165) is 0 Å². The molecule has 0 heterocycles. The Morgan fingerprint density at radius 3 is 2.22 bits per heavy atom. The van der Waals surface area contributed by atoms with Gasteiger partial charge in [-0.2, -0.15) is 4.94 Å². The fourth-order valence-electron chi connectivity index (χ4n) is 0.255. The van der Waals surface area contributed by atoms with Gasteiger partial charge in [-0.1, -0.05) is 0 Å². The molecule has 0 aliphatic heterocycles. The predicted octanol–water partition coefficient (Wildman–Crippen LogP) is 1.88. The molecule has 0 aromatic heterocycles. The minimum atomic E-state index is -3.44. The van der Waals surface area contributed by atoms with Crippen LogP contribution in [0.2, 0.25) is 0 Å². The molecule has 1 nitrogen and oxygen atoms in total. The van der Waals surface area contributed by atoms with Crippen LogP contribution in [0.5, 0.6) is 0 Å². The third-order valence-corrected chi connectivity index (χ3v) is 0.740. The molecule has 5 heteroatoms. The summed E-state index contributed by atoms with van der Waals surface area (Å²) in [7, 11) is 0. The van der Waals surface area contributed by atoms with Gasteiger partial charge in [0.2, 0.25) is 0 Å². The van der Waals surface area contributed by atoms with E-state index in [9.17, 15) is 17.7 Å². The van der Waals surface area contributed by atoms with Crippen LogP contribution < -0.4 is 0 Å². The van der Waals surface area contributed by atoms with Crippen LogP contribution in [0, 0.1) is 0 Å². The molecule has 0 spiro atoms. The third-order valence-electron chi connectivity index (χ3n) is 0.740. The Kier molecular flexibility index (Phi) is 3.53. The average molecular weight is 146 g/mol. The number of hydrogen-bond acceptors (Lipinski definition) is 1. The molecule has 0 bridgehead atoms. The van der Waals surface area contributed by atoms with Gasteiger partial charge in [0.15, 0.2) is 6.67 Å². The average Bonchev–Trinajstić information content (AvgIpc) is 1.84. The first-order valence-corrected chi connectivity index (χ1v) is 2.30. The van der Waals surface area contributed by atoms with E-state index in [4.69, 9.17) is 0 Å². The van der Waals surface area contributed by atoms with E-state index in [1.54, 1.807) is 0 Å². The maximum atomic E-state index is 11.7. The Morgan fingerprint density at radius 1 is 1.33 bits per heavy atom. The summed E-state index contributed by atoms with van der Waals surface area (Å²) in [6.45, 7) is -2.53. The monoisotopic (exact) mass is 146 g/mol. The number of halogens is 4. The second-order valence-electron chi connectivity index (χ2n) is 1.55. The van der Waals surface area contributed by atoms with Crippen molar-refractivity contribution in [3.63, 3.8) is 0 Å². The van der Waals surface area contributed by atoms with Crippen molar-refractivity contribution in [1.82, 2.24) is 0 Å². The van der Waals surface area contributed by atoms with Crippen LogP contribution in [0.1, 0.15) is 6.42 Å². The zero-order valence-corrected chi connectivity index (χ0v) is 4.54. The molecule has 0 unspecified atom stereocenters. The van der Waals surface area contributed by atoms with Gasteiger partial charge in [0.1, 0.15) is 0 Å². The van der Waals surface area contributed by atoms with Crippen molar-refractivity contribution in [2.75, 3.05) is 13.3 Å². The van der Waals surface area contributed by atoms with Crippen LogP contribution >= 0.6 is 0 Å². The molecule has 0 saturated carbocycles. The maximum Gasteiger partial charge on any atom is 0.278 e. The zero-order valence-electron chi connectivity index (χ0n) is 4.54. The van der Waals surface area contributed by atoms with E-state index >= 15 is 0 Å². The lowest BCUT2D eigenvalue weighted by molar-refractivity contribution is -0.155. The summed E-state index contributed by atoms with van der Waals surface area (Å²) >= 11 is 0. The molecule has 0 aliphatic carbocycles. The van der Waals surface area contributed by atoms with Gasteiger partial charge < -0.3 is 0 Å². The molecule has 9 heavy (non-hydrogen) atoms. The fraction of sp³-hybridized carbons (Fsp3) is 1.00. The summed E-state index contributed by atoms with van der Waals surface area (Å²) in [6.07, 6.45) is -0.917. The molecule has 0 rings (SSSR count). The highest BCUT2D eigenvalue weighted by Crippen LogP contribution is 2.18. The highest BCUT2D eigenvalue weighted by molar-refractivity contribution is 4.62. The highest BCUT2D eigenvalue weighted by atomic mass is 19.3. The second-order valence-corrected chi connectivity index (χ2v) is 1.55. The fourth-order valence-corrected chi connectivity index (χ4v) is 0.255. The number of rotatable bonds is 4. The molecular weight excluding hydrogens is 140 g/mol. The summed E-state index contributed by atoms with van der Waals surface area (Å²) in [5, 5.41) is 0. The highest BCUT2D eigenvalue weighted by Gasteiger charge is 2.28. The van der Waals surface area contributed by atoms with E-state index in [-0.39, 0.29) is 0 Å². The molecule has 0 atom stereocenters. The smallest absolute Gasteiger partial charge is 0.244 e. The lowest BCUT2D eigenvalue weighted by Crippen LogP contribution is -2.20. The summed E-state index contributed by atoms with van der Waals surface area (Å²) in [5.74, 6) is -3.44. The van der Waals surface area contributed by atoms with E-state index in [0.29, 0.717) is 0 Å². The normalized spacial score (nSPS) is 12.0. The predicted molar refractivity (Wildman–Crippen MR) is 22.6 cm³/mol. The lowest BCUT2D eigenvalue weighted by Gasteiger charge is -2.08. The van der Waals surface area contributed by atoms with Crippen LogP contribution in [0.3, 0.4) is 0 Å². The zero-order chi connectivity index (χ0) is 7.33. The number of hydrogen-bond donors (Lipinski definition) is 0. The van der Waals surface area contributed by atoms with Crippen LogP contribution in [0.25, 0.3) is 0 Å². The van der Waals surface area contributed by atoms with Crippen LogP contribution in [-0.4, -0.2) is 19.2 Å². The van der Waals surface area contributed by atoms with Gasteiger partial charge in [0, 0.05) is 6.42 Å². The Morgan fingerprint density at radius 2 is 1.89 bits per heavy atom. The van der Waals surface area contributed by atoms with Gasteiger partial charge in [-0.05, 0) is 4.53 Å². The van der Waals surface area contributed by atoms with Crippen molar-refractivity contribution in [3.05, 3.63) is 0 Å². The van der Waals surface area contributed by atoms with E-state index in [1.165, 1.54) is 0 Å². The quantitative estimate of drug-likeness (QED) is 0.550. The van der Waals surface area contributed by atoms with Crippen LogP contribution in [0.15, 0.2) is 0 Å². The van der Waals surface area contributed by atoms with Crippen molar-refractivity contribution in [2.45, 2.75) is 12.3 Å². The Labute approximate surface area is 49.5 Å². The molecule has 0 saturated heterocycles. The van der Waals surface area contributed by atoms with Gasteiger partial charge in [0.25, 0.3) is 5.92 Å². The summed E-state index contributed by atoms with van der Waals surface area (Å²) in [4.78, 5) is 2.83.